The molecule has 1 saturated heterocycles. The second kappa shape index (κ2) is 5.57. The number of nitrogens with zero attached hydrogens (tertiary/aromatic N) is 2. The molecule has 0 aliphatic carbocycles. The zero-order valence-electron chi connectivity index (χ0n) is 11.4. The largest absolute Gasteiger partial charge is 0.481 e. The minimum absolute atomic E-state index is 0.0430. The van der Waals surface area contributed by atoms with Crippen LogP contribution in [0.3, 0.4) is 0 Å². The van der Waals surface area contributed by atoms with Crippen LogP contribution in [0.25, 0.3) is 10.6 Å². The molecule has 0 radical (unpaired) electrons. The van der Waals surface area contributed by atoms with Crippen molar-refractivity contribution in [1.29, 1.82) is 0 Å². The Morgan fingerprint density at radius 3 is 2.81 bits per heavy atom. The quantitative estimate of drug-likeness (QED) is 0.939. The third-order valence-electron chi connectivity index (χ3n) is 3.79. The van der Waals surface area contributed by atoms with Gasteiger partial charge in [-0.05, 0) is 11.4 Å². The van der Waals surface area contributed by atoms with Gasteiger partial charge in [0.1, 0.15) is 10.7 Å². The van der Waals surface area contributed by atoms with Crippen molar-refractivity contribution in [3.8, 4) is 10.6 Å². The average Bonchev–Trinajstić information content (AvgIpc) is 3.07. The Morgan fingerprint density at radius 2 is 2.19 bits per heavy atom. The first-order valence-corrected chi connectivity index (χ1v) is 8.38. The lowest BCUT2D eigenvalue weighted by atomic mass is 9.87. The minimum Gasteiger partial charge on any atom is -0.481 e. The number of thiophene rings is 1. The topological polar surface area (TPSA) is 70.5 Å². The molecule has 1 fully saturated rings. The number of carboxylic acid groups (broad SMARTS) is 1. The van der Waals surface area contributed by atoms with Crippen LogP contribution in [-0.4, -0.2) is 40.0 Å². The number of carboxylic acids is 1. The van der Waals surface area contributed by atoms with Crippen molar-refractivity contribution < 1.29 is 14.7 Å². The molecule has 2 aromatic heterocycles. The van der Waals surface area contributed by atoms with Gasteiger partial charge in [0.25, 0.3) is 5.91 Å². The zero-order chi connectivity index (χ0) is 15.0. The van der Waals surface area contributed by atoms with Crippen LogP contribution in [0.15, 0.2) is 22.2 Å². The summed E-state index contributed by atoms with van der Waals surface area (Å²) >= 11 is 3.05. The second-order valence-electron chi connectivity index (χ2n) is 5.15. The first-order chi connectivity index (χ1) is 10.1. The first-order valence-electron chi connectivity index (χ1n) is 6.56. The van der Waals surface area contributed by atoms with E-state index in [-0.39, 0.29) is 11.8 Å². The molecule has 21 heavy (non-hydrogen) atoms. The highest BCUT2D eigenvalue weighted by atomic mass is 32.1. The Balaban J connectivity index is 1.64. The van der Waals surface area contributed by atoms with Crippen molar-refractivity contribution in [2.45, 2.75) is 6.92 Å². The van der Waals surface area contributed by atoms with E-state index < -0.39 is 11.9 Å². The number of hydrogen-bond acceptors (Lipinski definition) is 5. The van der Waals surface area contributed by atoms with Crippen molar-refractivity contribution in [3.05, 3.63) is 27.9 Å². The summed E-state index contributed by atoms with van der Waals surface area (Å²) < 4.78 is 0. The lowest BCUT2D eigenvalue weighted by Crippen LogP contribution is -2.53. The predicted molar refractivity (Wildman–Crippen MR) is 81.6 cm³/mol. The van der Waals surface area contributed by atoms with Gasteiger partial charge in [0.15, 0.2) is 0 Å². The maximum atomic E-state index is 12.3. The van der Waals surface area contributed by atoms with E-state index in [1.165, 1.54) is 11.3 Å². The van der Waals surface area contributed by atoms with Gasteiger partial charge in [-0.1, -0.05) is 6.92 Å². The lowest BCUT2D eigenvalue weighted by Gasteiger charge is -2.40. The van der Waals surface area contributed by atoms with Gasteiger partial charge in [0, 0.05) is 35.3 Å². The molecule has 0 spiro atoms. The summed E-state index contributed by atoms with van der Waals surface area (Å²) in [6.07, 6.45) is 0. The number of carbonyl (C=O) groups is 2. The molecule has 2 aromatic rings. The van der Waals surface area contributed by atoms with E-state index in [1.807, 2.05) is 16.8 Å². The fraction of sp³-hybridized carbons (Fsp3) is 0.357. The number of rotatable bonds is 4. The van der Waals surface area contributed by atoms with Gasteiger partial charge in [0.05, 0.1) is 5.92 Å². The molecule has 1 N–H and O–H groups in total. The van der Waals surface area contributed by atoms with Gasteiger partial charge in [0.2, 0.25) is 0 Å². The van der Waals surface area contributed by atoms with E-state index in [1.54, 1.807) is 28.5 Å². The minimum atomic E-state index is -0.805. The Kier molecular flexibility index (Phi) is 3.77. The summed E-state index contributed by atoms with van der Waals surface area (Å²) in [7, 11) is 0. The molecule has 1 atom stereocenters. The third kappa shape index (κ3) is 2.71. The third-order valence-corrected chi connectivity index (χ3v) is 5.36. The molecular formula is C14H14N2O3S2. The van der Waals surface area contributed by atoms with Gasteiger partial charge in [-0.15, -0.1) is 11.3 Å². The Bertz CT molecular complexity index is 660. The number of carbonyl (C=O) groups excluding carboxylic acids is 1. The molecule has 1 aliphatic rings. The number of likely N-dealkylation sites (tertiary alicyclic amines) is 1. The number of aliphatic carboxylic acids is 1. The molecule has 1 unspecified atom stereocenters. The van der Waals surface area contributed by atoms with Crippen LogP contribution in [0.1, 0.15) is 17.4 Å². The average molecular weight is 322 g/mol. The van der Waals surface area contributed by atoms with Crippen LogP contribution in [0, 0.1) is 11.8 Å². The SMILES string of the molecule is CC(C(=O)O)C1CN(C(=O)c2csc(-c3ccsc3)n2)C1. The van der Waals surface area contributed by atoms with Crippen molar-refractivity contribution in [1.82, 2.24) is 9.88 Å². The van der Waals surface area contributed by atoms with Crippen molar-refractivity contribution in [2.75, 3.05) is 13.1 Å². The highest BCUT2D eigenvalue weighted by molar-refractivity contribution is 7.14. The standard InChI is InChI=1S/C14H14N2O3S2/c1-8(14(18)19)10-4-16(5-10)13(17)11-7-21-12(15-11)9-2-3-20-6-9/h2-3,6-8,10H,4-5H2,1H3,(H,18,19). The normalized spacial score (nSPS) is 16.5. The Morgan fingerprint density at radius 1 is 1.43 bits per heavy atom. The van der Waals surface area contributed by atoms with E-state index in [0.717, 1.165) is 10.6 Å². The van der Waals surface area contributed by atoms with E-state index in [0.29, 0.717) is 18.8 Å². The van der Waals surface area contributed by atoms with Crippen LogP contribution in [0.4, 0.5) is 0 Å². The zero-order valence-corrected chi connectivity index (χ0v) is 13.0. The van der Waals surface area contributed by atoms with Crippen LogP contribution in [0.2, 0.25) is 0 Å². The summed E-state index contributed by atoms with van der Waals surface area (Å²) in [6.45, 7) is 2.68. The van der Waals surface area contributed by atoms with Gasteiger partial charge in [-0.3, -0.25) is 9.59 Å². The summed E-state index contributed by atoms with van der Waals surface area (Å²) in [6, 6.07) is 1.98. The summed E-state index contributed by atoms with van der Waals surface area (Å²) in [5.41, 5.74) is 1.48. The summed E-state index contributed by atoms with van der Waals surface area (Å²) in [5.74, 6) is -1.28. The van der Waals surface area contributed by atoms with E-state index >= 15 is 0 Å². The van der Waals surface area contributed by atoms with Gasteiger partial charge in [-0.2, -0.15) is 11.3 Å². The Hall–Kier alpha value is -1.73. The fourth-order valence-electron chi connectivity index (χ4n) is 2.25. The van der Waals surface area contributed by atoms with Crippen molar-refractivity contribution in [2.24, 2.45) is 11.8 Å². The van der Waals surface area contributed by atoms with Crippen LogP contribution >= 0.6 is 22.7 Å². The van der Waals surface area contributed by atoms with Crippen LogP contribution in [0.5, 0.6) is 0 Å². The van der Waals surface area contributed by atoms with Crippen molar-refractivity contribution in [3.63, 3.8) is 0 Å². The predicted octanol–water partition coefficient (Wildman–Crippen LogP) is 2.66. The maximum absolute atomic E-state index is 12.3. The molecule has 3 heterocycles. The molecule has 0 bridgehead atoms. The van der Waals surface area contributed by atoms with Gasteiger partial charge >= 0.3 is 5.97 Å². The van der Waals surface area contributed by atoms with E-state index in [4.69, 9.17) is 5.11 Å². The van der Waals surface area contributed by atoms with Crippen LogP contribution < -0.4 is 0 Å². The van der Waals surface area contributed by atoms with Crippen LogP contribution in [-0.2, 0) is 4.79 Å². The first kappa shape index (κ1) is 14.2. The summed E-state index contributed by atoms with van der Waals surface area (Å²) in [4.78, 5) is 29.2. The van der Waals surface area contributed by atoms with E-state index in [2.05, 4.69) is 4.98 Å². The summed E-state index contributed by atoms with van der Waals surface area (Å²) in [5, 5.41) is 15.5. The maximum Gasteiger partial charge on any atom is 0.306 e. The molecule has 110 valence electrons. The highest BCUT2D eigenvalue weighted by Gasteiger charge is 2.38. The molecule has 3 rings (SSSR count). The smallest absolute Gasteiger partial charge is 0.306 e. The number of aromatic nitrogens is 1. The van der Waals surface area contributed by atoms with Gasteiger partial charge in [-0.25, -0.2) is 4.98 Å². The molecule has 1 amide bonds. The molecule has 7 heteroatoms. The van der Waals surface area contributed by atoms with E-state index in [9.17, 15) is 9.59 Å². The van der Waals surface area contributed by atoms with Crippen molar-refractivity contribution >= 4 is 34.6 Å². The molecule has 0 saturated carbocycles. The number of thiazole rings is 1. The molecule has 1 aliphatic heterocycles. The Labute approximate surface area is 129 Å². The molecular weight excluding hydrogens is 308 g/mol. The monoisotopic (exact) mass is 322 g/mol. The highest BCUT2D eigenvalue weighted by Crippen LogP contribution is 2.29. The molecule has 0 aromatic carbocycles. The number of amides is 1. The lowest BCUT2D eigenvalue weighted by molar-refractivity contribution is -0.144. The number of hydrogen-bond donors (Lipinski definition) is 1. The second-order valence-corrected chi connectivity index (χ2v) is 6.79. The fourth-order valence-corrected chi connectivity index (χ4v) is 3.76. The molecule has 5 nitrogen and oxygen atoms in total. The van der Waals surface area contributed by atoms with Gasteiger partial charge < -0.3 is 10.0 Å².